The standard InChI is InChI=1S/C11H19ClN4/c1-15-4-8-6-16(7-9(8)5-15)11(14)3-2-10(12)13/h2-3,8-9H,4-7,13-14H2,1H3/b10-2-,11-3+. The van der Waals surface area contributed by atoms with Crippen LogP contribution in [0.5, 0.6) is 0 Å². The van der Waals surface area contributed by atoms with Crippen molar-refractivity contribution in [1.82, 2.24) is 9.80 Å². The molecule has 0 amide bonds. The van der Waals surface area contributed by atoms with Gasteiger partial charge in [-0.15, -0.1) is 0 Å². The summed E-state index contributed by atoms with van der Waals surface area (Å²) in [7, 11) is 2.18. The topological polar surface area (TPSA) is 58.5 Å². The number of halogens is 1. The average Bonchev–Trinajstić information content (AvgIpc) is 2.70. The molecule has 2 atom stereocenters. The van der Waals surface area contributed by atoms with Crippen molar-refractivity contribution in [2.24, 2.45) is 23.3 Å². The van der Waals surface area contributed by atoms with Crippen molar-refractivity contribution in [2.45, 2.75) is 0 Å². The van der Waals surface area contributed by atoms with E-state index in [1.807, 2.05) is 0 Å². The summed E-state index contributed by atoms with van der Waals surface area (Å²) in [6.07, 6.45) is 3.42. The Morgan fingerprint density at radius 1 is 1.12 bits per heavy atom. The Morgan fingerprint density at radius 3 is 2.19 bits per heavy atom. The van der Waals surface area contributed by atoms with Crippen molar-refractivity contribution in [3.05, 3.63) is 23.1 Å². The monoisotopic (exact) mass is 242 g/mol. The van der Waals surface area contributed by atoms with E-state index in [1.54, 1.807) is 12.2 Å². The largest absolute Gasteiger partial charge is 0.389 e. The third kappa shape index (κ3) is 2.44. The Balaban J connectivity index is 1.95. The quantitative estimate of drug-likeness (QED) is 0.541. The van der Waals surface area contributed by atoms with Crippen LogP contribution in [0.4, 0.5) is 0 Å². The number of hydrogen-bond donors (Lipinski definition) is 2. The minimum atomic E-state index is 0.266. The van der Waals surface area contributed by atoms with Crippen LogP contribution in [0.15, 0.2) is 23.1 Å². The molecule has 4 N–H and O–H groups in total. The molecule has 0 radical (unpaired) electrons. The third-order valence-corrected chi connectivity index (χ3v) is 3.57. The van der Waals surface area contributed by atoms with Crippen LogP contribution in [-0.2, 0) is 0 Å². The molecule has 2 aliphatic heterocycles. The second kappa shape index (κ2) is 4.55. The first-order valence-electron chi connectivity index (χ1n) is 5.58. The Labute approximate surface area is 102 Å². The molecule has 4 nitrogen and oxygen atoms in total. The predicted octanol–water partition coefficient (Wildman–Crippen LogP) is 0.319. The van der Waals surface area contributed by atoms with E-state index in [0.29, 0.717) is 0 Å². The minimum Gasteiger partial charge on any atom is -0.389 e. The van der Waals surface area contributed by atoms with Crippen molar-refractivity contribution < 1.29 is 0 Å². The van der Waals surface area contributed by atoms with Crippen molar-refractivity contribution in [3.8, 4) is 0 Å². The molecule has 2 unspecified atom stereocenters. The lowest BCUT2D eigenvalue weighted by atomic mass is 10.0. The van der Waals surface area contributed by atoms with Crippen LogP contribution < -0.4 is 11.5 Å². The molecule has 2 saturated heterocycles. The SMILES string of the molecule is CN1CC2CN(/C(N)=C/C=C(\N)Cl)CC2C1. The number of nitrogens with two attached hydrogens (primary N) is 2. The predicted molar refractivity (Wildman–Crippen MR) is 66.4 cm³/mol. The lowest BCUT2D eigenvalue weighted by molar-refractivity contribution is 0.319. The van der Waals surface area contributed by atoms with Crippen LogP contribution in [-0.4, -0.2) is 43.0 Å². The van der Waals surface area contributed by atoms with E-state index in [1.165, 1.54) is 13.1 Å². The number of likely N-dealkylation sites (tertiary alicyclic amines) is 2. The molecule has 2 aliphatic rings. The highest BCUT2D eigenvalue weighted by Crippen LogP contribution is 2.31. The van der Waals surface area contributed by atoms with Crippen LogP contribution in [0.1, 0.15) is 0 Å². The van der Waals surface area contributed by atoms with Crippen LogP contribution in [0, 0.1) is 11.8 Å². The van der Waals surface area contributed by atoms with Crippen molar-refractivity contribution in [3.63, 3.8) is 0 Å². The van der Waals surface area contributed by atoms with Gasteiger partial charge in [-0.2, -0.15) is 0 Å². The van der Waals surface area contributed by atoms with Gasteiger partial charge in [0.15, 0.2) is 0 Å². The van der Waals surface area contributed by atoms with Gasteiger partial charge in [0, 0.05) is 26.2 Å². The molecule has 90 valence electrons. The number of allylic oxidation sites excluding steroid dienone is 2. The summed E-state index contributed by atoms with van der Waals surface area (Å²) in [6.45, 7) is 4.46. The zero-order valence-corrected chi connectivity index (χ0v) is 10.3. The summed E-state index contributed by atoms with van der Waals surface area (Å²) < 4.78 is 0. The van der Waals surface area contributed by atoms with E-state index in [0.717, 1.165) is 30.7 Å². The summed E-state index contributed by atoms with van der Waals surface area (Å²) in [5.74, 6) is 2.28. The Hall–Kier alpha value is -0.870. The molecule has 16 heavy (non-hydrogen) atoms. The summed E-state index contributed by atoms with van der Waals surface area (Å²) in [6, 6.07) is 0. The van der Waals surface area contributed by atoms with Gasteiger partial charge in [0.1, 0.15) is 0 Å². The molecule has 0 aromatic rings. The van der Waals surface area contributed by atoms with Crippen LogP contribution >= 0.6 is 11.6 Å². The Morgan fingerprint density at radius 2 is 1.69 bits per heavy atom. The highest BCUT2D eigenvalue weighted by molar-refractivity contribution is 6.29. The van der Waals surface area contributed by atoms with E-state index in [9.17, 15) is 0 Å². The Kier molecular flexibility index (Phi) is 3.30. The highest BCUT2D eigenvalue weighted by Gasteiger charge is 2.38. The van der Waals surface area contributed by atoms with E-state index >= 15 is 0 Å². The second-order valence-electron chi connectivity index (χ2n) is 4.79. The summed E-state index contributed by atoms with van der Waals surface area (Å²) in [5.41, 5.74) is 11.3. The van der Waals surface area contributed by atoms with Crippen LogP contribution in [0.2, 0.25) is 0 Å². The molecular weight excluding hydrogens is 224 g/mol. The van der Waals surface area contributed by atoms with Gasteiger partial charge < -0.3 is 21.3 Å². The van der Waals surface area contributed by atoms with Gasteiger partial charge in [-0.25, -0.2) is 0 Å². The first kappa shape index (κ1) is 11.6. The molecule has 2 rings (SSSR count). The molecule has 0 aromatic heterocycles. The molecular formula is C11H19ClN4. The fourth-order valence-corrected chi connectivity index (χ4v) is 2.77. The summed E-state index contributed by atoms with van der Waals surface area (Å²) >= 11 is 5.56. The average molecular weight is 243 g/mol. The van der Waals surface area contributed by atoms with Crippen LogP contribution in [0.3, 0.4) is 0 Å². The van der Waals surface area contributed by atoms with Gasteiger partial charge in [0.2, 0.25) is 0 Å². The first-order chi connectivity index (χ1) is 7.56. The molecule has 0 aromatic carbocycles. The molecule has 0 spiro atoms. The fourth-order valence-electron chi connectivity index (χ4n) is 2.71. The molecule has 0 aliphatic carbocycles. The van der Waals surface area contributed by atoms with E-state index < -0.39 is 0 Å². The molecule has 2 fully saturated rings. The van der Waals surface area contributed by atoms with Gasteiger partial charge in [-0.3, -0.25) is 0 Å². The maximum Gasteiger partial charge on any atom is 0.0993 e. The van der Waals surface area contributed by atoms with E-state index in [-0.39, 0.29) is 5.16 Å². The van der Waals surface area contributed by atoms with Crippen molar-refractivity contribution in [1.29, 1.82) is 0 Å². The smallest absolute Gasteiger partial charge is 0.0993 e. The van der Waals surface area contributed by atoms with E-state index in [4.69, 9.17) is 23.1 Å². The molecule has 2 heterocycles. The van der Waals surface area contributed by atoms with Crippen molar-refractivity contribution in [2.75, 3.05) is 33.2 Å². The first-order valence-corrected chi connectivity index (χ1v) is 5.96. The van der Waals surface area contributed by atoms with Gasteiger partial charge in [-0.1, -0.05) is 11.6 Å². The lowest BCUT2D eigenvalue weighted by Crippen LogP contribution is -2.29. The zero-order chi connectivity index (χ0) is 11.7. The highest BCUT2D eigenvalue weighted by atomic mass is 35.5. The zero-order valence-electron chi connectivity index (χ0n) is 9.56. The molecule has 5 heteroatoms. The van der Waals surface area contributed by atoms with Gasteiger partial charge in [0.05, 0.1) is 11.0 Å². The maximum atomic E-state index is 5.98. The lowest BCUT2D eigenvalue weighted by Gasteiger charge is -2.21. The number of fused-ring (bicyclic) bond motifs is 1. The molecule has 0 bridgehead atoms. The second-order valence-corrected chi connectivity index (χ2v) is 5.23. The molecule has 0 saturated carbocycles. The summed E-state index contributed by atoms with van der Waals surface area (Å²) in [4.78, 5) is 4.61. The Bertz CT molecular complexity index is 308. The van der Waals surface area contributed by atoms with Gasteiger partial charge >= 0.3 is 0 Å². The number of hydrogen-bond acceptors (Lipinski definition) is 4. The normalized spacial score (nSPS) is 32.2. The number of rotatable bonds is 2. The fraction of sp³-hybridized carbons (Fsp3) is 0.636. The van der Waals surface area contributed by atoms with Gasteiger partial charge in [0.25, 0.3) is 0 Å². The number of nitrogens with zero attached hydrogens (tertiary/aromatic N) is 2. The maximum absolute atomic E-state index is 5.98. The minimum absolute atomic E-state index is 0.266. The van der Waals surface area contributed by atoms with Gasteiger partial charge in [-0.05, 0) is 31.0 Å². The van der Waals surface area contributed by atoms with E-state index in [2.05, 4.69) is 16.8 Å². The van der Waals surface area contributed by atoms with Crippen molar-refractivity contribution >= 4 is 11.6 Å². The third-order valence-electron chi connectivity index (χ3n) is 3.45. The van der Waals surface area contributed by atoms with Crippen LogP contribution in [0.25, 0.3) is 0 Å². The summed E-state index contributed by atoms with van der Waals surface area (Å²) in [5, 5.41) is 0.266.